The first-order valence-corrected chi connectivity index (χ1v) is 4.83. The van der Waals surface area contributed by atoms with Crippen LogP contribution >= 0.6 is 0 Å². The number of nitrogens with zero attached hydrogens (tertiary/aromatic N) is 3. The number of hydrogen-bond donors (Lipinski definition) is 0. The van der Waals surface area contributed by atoms with E-state index in [1.807, 2.05) is 0 Å². The van der Waals surface area contributed by atoms with E-state index in [0.717, 1.165) is 6.07 Å². The largest absolute Gasteiger partial charge is 0.359 e. The molecule has 0 radical (unpaired) electrons. The van der Waals surface area contributed by atoms with Crippen molar-refractivity contribution in [3.63, 3.8) is 0 Å². The topological polar surface area (TPSA) is 91.2 Å². The van der Waals surface area contributed by atoms with Crippen LogP contribution in [0.15, 0.2) is 33.7 Å². The molecule has 2 rings (SSSR count). The van der Waals surface area contributed by atoms with Crippen molar-refractivity contribution in [2.75, 3.05) is 0 Å². The van der Waals surface area contributed by atoms with E-state index in [-0.39, 0.29) is 17.8 Å². The average molecular weight is 235 g/mol. The van der Waals surface area contributed by atoms with Crippen molar-refractivity contribution in [3.05, 3.63) is 56.3 Å². The Kier molecular flexibility index (Phi) is 2.73. The number of pyridine rings is 1. The van der Waals surface area contributed by atoms with Crippen LogP contribution in [-0.4, -0.2) is 14.6 Å². The van der Waals surface area contributed by atoms with Crippen LogP contribution < -0.4 is 5.56 Å². The Balaban J connectivity index is 2.35. The maximum atomic E-state index is 11.5. The van der Waals surface area contributed by atoms with Crippen LogP contribution in [-0.2, 0) is 6.54 Å². The van der Waals surface area contributed by atoms with Gasteiger partial charge in [-0.05, 0) is 6.92 Å². The highest BCUT2D eigenvalue weighted by Gasteiger charge is 2.09. The maximum absolute atomic E-state index is 11.5. The maximum Gasteiger partial charge on any atom is 0.285 e. The molecule has 0 aliphatic rings. The molecule has 0 saturated carbocycles. The predicted molar refractivity (Wildman–Crippen MR) is 57.7 cm³/mol. The summed E-state index contributed by atoms with van der Waals surface area (Å²) in [6.45, 7) is 1.88. The van der Waals surface area contributed by atoms with Gasteiger partial charge in [0, 0.05) is 18.2 Å². The lowest BCUT2D eigenvalue weighted by Crippen LogP contribution is -2.19. The molecule has 0 atom stereocenters. The predicted octanol–water partition coefficient (Wildman–Crippen LogP) is 1.10. The fourth-order valence-corrected chi connectivity index (χ4v) is 1.41. The molecule has 7 heteroatoms. The molecule has 0 amide bonds. The Bertz CT molecular complexity index is 614. The summed E-state index contributed by atoms with van der Waals surface area (Å²) in [5.74, 6) is 0.477. The first kappa shape index (κ1) is 11.1. The lowest BCUT2D eigenvalue weighted by atomic mass is 10.3. The van der Waals surface area contributed by atoms with E-state index in [1.54, 1.807) is 13.0 Å². The van der Waals surface area contributed by atoms with Gasteiger partial charge in [0.1, 0.15) is 0 Å². The number of aryl methyl sites for hydroxylation is 1. The summed E-state index contributed by atoms with van der Waals surface area (Å²) in [5.41, 5.74) is 0.226. The third-order valence-electron chi connectivity index (χ3n) is 2.18. The van der Waals surface area contributed by atoms with Crippen LogP contribution in [0.4, 0.5) is 5.69 Å². The highest BCUT2D eigenvalue weighted by Crippen LogP contribution is 2.09. The second-order valence-electron chi connectivity index (χ2n) is 3.55. The number of aromatic nitrogens is 2. The summed E-state index contributed by atoms with van der Waals surface area (Å²) < 4.78 is 6.15. The standard InChI is InChI=1S/C10H9N3O4/c1-7-4-9(17-11-7)6-12-5-8(13(15)16)2-3-10(12)14/h2-5H,6H2,1H3. The zero-order chi connectivity index (χ0) is 12.4. The highest BCUT2D eigenvalue weighted by molar-refractivity contribution is 5.25. The summed E-state index contributed by atoms with van der Waals surface area (Å²) in [5, 5.41) is 14.3. The van der Waals surface area contributed by atoms with E-state index in [4.69, 9.17) is 4.52 Å². The van der Waals surface area contributed by atoms with Crippen molar-refractivity contribution in [1.82, 2.24) is 9.72 Å². The molecular formula is C10H9N3O4. The normalized spacial score (nSPS) is 10.4. The fraction of sp³-hybridized carbons (Fsp3) is 0.200. The highest BCUT2D eigenvalue weighted by atomic mass is 16.6. The quantitative estimate of drug-likeness (QED) is 0.586. The molecule has 2 heterocycles. The first-order valence-electron chi connectivity index (χ1n) is 4.83. The molecule has 88 valence electrons. The first-order chi connectivity index (χ1) is 8.06. The molecule has 0 N–H and O–H groups in total. The molecule has 0 bridgehead atoms. The zero-order valence-electron chi connectivity index (χ0n) is 8.99. The Morgan fingerprint density at radius 1 is 1.53 bits per heavy atom. The van der Waals surface area contributed by atoms with Crippen LogP contribution in [0.1, 0.15) is 11.5 Å². The number of rotatable bonds is 3. The zero-order valence-corrected chi connectivity index (χ0v) is 8.99. The summed E-state index contributed by atoms with van der Waals surface area (Å²) in [6, 6.07) is 4.00. The lowest BCUT2D eigenvalue weighted by molar-refractivity contribution is -0.385. The van der Waals surface area contributed by atoms with E-state index in [2.05, 4.69) is 5.16 Å². The van der Waals surface area contributed by atoms with Crippen molar-refractivity contribution < 1.29 is 9.45 Å². The monoisotopic (exact) mass is 235 g/mol. The van der Waals surface area contributed by atoms with Crippen molar-refractivity contribution >= 4 is 5.69 Å². The summed E-state index contributed by atoms with van der Waals surface area (Å²) in [4.78, 5) is 21.5. The molecule has 7 nitrogen and oxygen atoms in total. The number of hydrogen-bond acceptors (Lipinski definition) is 5. The second kappa shape index (κ2) is 4.20. The van der Waals surface area contributed by atoms with Gasteiger partial charge < -0.3 is 9.09 Å². The minimum atomic E-state index is -0.554. The van der Waals surface area contributed by atoms with Crippen molar-refractivity contribution in [2.45, 2.75) is 13.5 Å². The third-order valence-corrected chi connectivity index (χ3v) is 2.18. The molecule has 0 aliphatic heterocycles. The van der Waals surface area contributed by atoms with Crippen molar-refractivity contribution in [1.29, 1.82) is 0 Å². The minimum Gasteiger partial charge on any atom is -0.359 e. The molecule has 17 heavy (non-hydrogen) atoms. The smallest absolute Gasteiger partial charge is 0.285 e. The van der Waals surface area contributed by atoms with E-state index in [0.29, 0.717) is 11.5 Å². The Hall–Kier alpha value is -2.44. The van der Waals surface area contributed by atoms with Gasteiger partial charge in [-0.15, -0.1) is 0 Å². The van der Waals surface area contributed by atoms with Crippen molar-refractivity contribution in [3.8, 4) is 0 Å². The molecule has 0 unspecified atom stereocenters. The number of nitro groups is 1. The van der Waals surface area contributed by atoms with Gasteiger partial charge in [-0.25, -0.2) is 0 Å². The molecule has 0 spiro atoms. The van der Waals surface area contributed by atoms with Crippen LogP contribution in [0.2, 0.25) is 0 Å². The Morgan fingerprint density at radius 3 is 2.88 bits per heavy atom. The second-order valence-corrected chi connectivity index (χ2v) is 3.55. The fourth-order valence-electron chi connectivity index (χ4n) is 1.41. The van der Waals surface area contributed by atoms with Crippen LogP contribution in [0.5, 0.6) is 0 Å². The van der Waals surface area contributed by atoms with Gasteiger partial charge in [0.25, 0.3) is 11.2 Å². The van der Waals surface area contributed by atoms with Gasteiger partial charge >= 0.3 is 0 Å². The third kappa shape index (κ3) is 2.39. The molecule has 2 aromatic heterocycles. The molecule has 0 aliphatic carbocycles. The summed E-state index contributed by atoms with van der Waals surface area (Å²) >= 11 is 0. The Morgan fingerprint density at radius 2 is 2.29 bits per heavy atom. The van der Waals surface area contributed by atoms with Gasteiger partial charge in [-0.3, -0.25) is 14.9 Å². The van der Waals surface area contributed by atoms with Gasteiger partial charge in [0.15, 0.2) is 5.76 Å². The summed E-state index contributed by atoms with van der Waals surface area (Å²) in [7, 11) is 0. The van der Waals surface area contributed by atoms with Crippen LogP contribution in [0, 0.1) is 17.0 Å². The van der Waals surface area contributed by atoms with E-state index >= 15 is 0 Å². The molecular weight excluding hydrogens is 226 g/mol. The average Bonchev–Trinajstić information content (AvgIpc) is 2.67. The van der Waals surface area contributed by atoms with Gasteiger partial charge in [-0.2, -0.15) is 0 Å². The Labute approximate surface area is 95.4 Å². The molecule has 0 aromatic carbocycles. The molecule has 0 saturated heterocycles. The minimum absolute atomic E-state index is 0.126. The molecule has 0 fully saturated rings. The lowest BCUT2D eigenvalue weighted by Gasteiger charge is -2.01. The van der Waals surface area contributed by atoms with Gasteiger partial charge in [0.05, 0.1) is 23.4 Å². The van der Waals surface area contributed by atoms with Gasteiger partial charge in [-0.1, -0.05) is 5.16 Å². The van der Waals surface area contributed by atoms with Crippen molar-refractivity contribution in [2.24, 2.45) is 0 Å². The van der Waals surface area contributed by atoms with Gasteiger partial charge in [0.2, 0.25) is 0 Å². The van der Waals surface area contributed by atoms with E-state index < -0.39 is 4.92 Å². The van der Waals surface area contributed by atoms with E-state index in [9.17, 15) is 14.9 Å². The van der Waals surface area contributed by atoms with Crippen LogP contribution in [0.25, 0.3) is 0 Å². The SMILES string of the molecule is Cc1cc(Cn2cc([N+](=O)[O-])ccc2=O)on1. The van der Waals surface area contributed by atoms with E-state index in [1.165, 1.54) is 16.8 Å². The van der Waals surface area contributed by atoms with Crippen LogP contribution in [0.3, 0.4) is 0 Å². The molecule has 2 aromatic rings. The summed E-state index contributed by atoms with van der Waals surface area (Å²) in [6.07, 6.45) is 1.18.